The Bertz CT molecular complexity index is 997. The van der Waals surface area contributed by atoms with Crippen LogP contribution in [0.3, 0.4) is 0 Å². The molecule has 7 heteroatoms. The Morgan fingerprint density at radius 1 is 1.27 bits per heavy atom. The Morgan fingerprint density at radius 3 is 2.81 bits per heavy atom. The number of hydrogen-bond acceptors (Lipinski definition) is 4. The minimum Gasteiger partial charge on any atom is -0.491 e. The number of ether oxygens (including phenoxy) is 1. The first-order valence-electron chi connectivity index (χ1n) is 8.46. The van der Waals surface area contributed by atoms with Crippen LogP contribution in [0.25, 0.3) is 21.7 Å². The number of pyridine rings is 2. The van der Waals surface area contributed by atoms with Crippen molar-refractivity contribution in [3.8, 4) is 5.75 Å². The Morgan fingerprint density at radius 2 is 2.08 bits per heavy atom. The summed E-state index contributed by atoms with van der Waals surface area (Å²) in [5.41, 5.74) is 0.467. The van der Waals surface area contributed by atoms with Gasteiger partial charge in [-0.1, -0.05) is 13.8 Å². The number of amides is 1. The molecule has 1 unspecified atom stereocenters. The second-order valence-corrected chi connectivity index (χ2v) is 6.67. The van der Waals surface area contributed by atoms with Gasteiger partial charge in [-0.05, 0) is 42.0 Å². The van der Waals surface area contributed by atoms with Gasteiger partial charge >= 0.3 is 6.09 Å². The van der Waals surface area contributed by atoms with E-state index in [0.29, 0.717) is 29.0 Å². The van der Waals surface area contributed by atoms with Gasteiger partial charge in [0.1, 0.15) is 12.4 Å². The minimum atomic E-state index is -1.07. The molecular formula is C19H21N3O4. The summed E-state index contributed by atoms with van der Waals surface area (Å²) in [6.07, 6.45) is 2.89. The van der Waals surface area contributed by atoms with Gasteiger partial charge in [0, 0.05) is 11.6 Å². The van der Waals surface area contributed by atoms with Crippen LogP contribution in [-0.4, -0.2) is 33.8 Å². The van der Waals surface area contributed by atoms with E-state index >= 15 is 0 Å². The van der Waals surface area contributed by atoms with Crippen molar-refractivity contribution in [2.45, 2.75) is 26.3 Å². The Hall–Kier alpha value is -3.09. The summed E-state index contributed by atoms with van der Waals surface area (Å²) in [7, 11) is 0. The number of benzene rings is 1. The minimum absolute atomic E-state index is 0.200. The number of H-pyrrole nitrogens is 1. The lowest BCUT2D eigenvalue weighted by Gasteiger charge is -2.19. The van der Waals surface area contributed by atoms with Gasteiger partial charge in [0.15, 0.2) is 0 Å². The summed E-state index contributed by atoms with van der Waals surface area (Å²) in [5, 5.41) is 13.7. The van der Waals surface area contributed by atoms with E-state index in [4.69, 9.17) is 9.84 Å². The highest BCUT2D eigenvalue weighted by molar-refractivity contribution is 6.05. The predicted molar refractivity (Wildman–Crippen MR) is 99.8 cm³/mol. The average molecular weight is 355 g/mol. The zero-order chi connectivity index (χ0) is 18.7. The van der Waals surface area contributed by atoms with Crippen molar-refractivity contribution >= 4 is 27.8 Å². The van der Waals surface area contributed by atoms with E-state index in [0.717, 1.165) is 10.8 Å². The van der Waals surface area contributed by atoms with Crippen molar-refractivity contribution in [2.24, 2.45) is 5.92 Å². The maximum absolute atomic E-state index is 12.3. The van der Waals surface area contributed by atoms with Crippen LogP contribution in [0, 0.1) is 5.92 Å². The van der Waals surface area contributed by atoms with Gasteiger partial charge in [0.05, 0.1) is 23.1 Å². The third kappa shape index (κ3) is 3.93. The van der Waals surface area contributed by atoms with Gasteiger partial charge in [-0.25, -0.2) is 4.79 Å². The fraction of sp³-hybridized carbons (Fsp3) is 0.316. The lowest BCUT2D eigenvalue weighted by molar-refractivity contribution is 0.176. The molecule has 0 fully saturated rings. The molecule has 2 heterocycles. The van der Waals surface area contributed by atoms with Gasteiger partial charge < -0.3 is 20.1 Å². The summed E-state index contributed by atoms with van der Waals surface area (Å²) in [6, 6.07) is 6.84. The molecule has 0 radical (unpaired) electrons. The maximum atomic E-state index is 12.3. The lowest BCUT2D eigenvalue weighted by Crippen LogP contribution is -2.39. The summed E-state index contributed by atoms with van der Waals surface area (Å²) < 4.78 is 5.75. The largest absolute Gasteiger partial charge is 0.491 e. The van der Waals surface area contributed by atoms with E-state index in [2.05, 4.69) is 15.3 Å². The van der Waals surface area contributed by atoms with Crippen molar-refractivity contribution < 1.29 is 14.6 Å². The Labute approximate surface area is 150 Å². The molecule has 3 N–H and O–H groups in total. The second-order valence-electron chi connectivity index (χ2n) is 6.67. The molecule has 2 aromatic heterocycles. The number of rotatable bonds is 6. The molecule has 1 aromatic carbocycles. The molecule has 0 spiro atoms. The fourth-order valence-electron chi connectivity index (χ4n) is 3.06. The Balaban J connectivity index is 1.87. The number of nitrogens with one attached hydrogen (secondary N) is 2. The molecule has 3 rings (SSSR count). The Kier molecular flexibility index (Phi) is 5.06. The number of aromatic amines is 1. The number of nitrogens with zero attached hydrogens (tertiary/aromatic N) is 1. The summed E-state index contributed by atoms with van der Waals surface area (Å²) >= 11 is 0. The molecule has 1 amide bonds. The molecule has 7 nitrogen and oxygen atoms in total. The number of carboxylic acid groups (broad SMARTS) is 1. The van der Waals surface area contributed by atoms with Crippen LogP contribution >= 0.6 is 0 Å². The highest BCUT2D eigenvalue weighted by atomic mass is 16.5. The van der Waals surface area contributed by atoms with E-state index in [9.17, 15) is 9.59 Å². The molecule has 0 aliphatic rings. The monoisotopic (exact) mass is 355 g/mol. The number of carbonyl (C=O) groups is 1. The first-order chi connectivity index (χ1) is 12.4. The summed E-state index contributed by atoms with van der Waals surface area (Å²) in [5.74, 6) is 0.854. The van der Waals surface area contributed by atoms with Gasteiger partial charge in [0.25, 0.3) is 5.56 Å². The number of hydrogen-bond donors (Lipinski definition) is 3. The molecule has 1 atom stereocenters. The van der Waals surface area contributed by atoms with E-state index in [1.807, 2.05) is 26.0 Å². The van der Waals surface area contributed by atoms with Crippen LogP contribution in [0.1, 0.15) is 20.3 Å². The standard InChI is InChI=1S/C19H21N3O4/c1-11(2)7-12(21-19(24)25)10-26-13-3-4-14-15-5-6-20-9-17(15)22-18(23)16(14)8-13/h3-6,8-9,11-12,21H,7,10H2,1-2H3,(H,22,23)(H,24,25). The van der Waals surface area contributed by atoms with Crippen LogP contribution in [0.4, 0.5) is 4.79 Å². The molecule has 136 valence electrons. The van der Waals surface area contributed by atoms with Crippen LogP contribution in [0.2, 0.25) is 0 Å². The van der Waals surface area contributed by atoms with Crippen molar-refractivity contribution in [1.82, 2.24) is 15.3 Å². The van der Waals surface area contributed by atoms with Gasteiger partial charge in [-0.15, -0.1) is 0 Å². The lowest BCUT2D eigenvalue weighted by atomic mass is 10.0. The second kappa shape index (κ2) is 7.43. The quantitative estimate of drug-likeness (QED) is 0.589. The van der Waals surface area contributed by atoms with Crippen molar-refractivity contribution in [3.63, 3.8) is 0 Å². The van der Waals surface area contributed by atoms with Gasteiger partial charge in [-0.2, -0.15) is 0 Å². The van der Waals surface area contributed by atoms with E-state index in [1.165, 1.54) is 0 Å². The third-order valence-electron chi connectivity index (χ3n) is 4.13. The van der Waals surface area contributed by atoms with Crippen LogP contribution in [0.5, 0.6) is 5.75 Å². The van der Waals surface area contributed by atoms with Gasteiger partial charge in [-0.3, -0.25) is 9.78 Å². The molecule has 3 aromatic rings. The van der Waals surface area contributed by atoms with Crippen LogP contribution < -0.4 is 15.6 Å². The molecule has 0 aliphatic heterocycles. The van der Waals surface area contributed by atoms with Crippen molar-refractivity contribution in [3.05, 3.63) is 47.0 Å². The van der Waals surface area contributed by atoms with Gasteiger partial charge in [0.2, 0.25) is 0 Å². The maximum Gasteiger partial charge on any atom is 0.404 e. The number of aromatic nitrogens is 2. The zero-order valence-corrected chi connectivity index (χ0v) is 14.7. The SMILES string of the molecule is CC(C)CC(COc1ccc2c(c1)c(=O)[nH]c1cnccc12)NC(=O)O. The van der Waals surface area contributed by atoms with E-state index in [1.54, 1.807) is 24.5 Å². The highest BCUT2D eigenvalue weighted by Gasteiger charge is 2.15. The summed E-state index contributed by atoms with van der Waals surface area (Å²) in [6.45, 7) is 4.24. The molecule has 0 saturated carbocycles. The smallest absolute Gasteiger partial charge is 0.404 e. The van der Waals surface area contributed by atoms with E-state index < -0.39 is 6.09 Å². The molecule has 0 aliphatic carbocycles. The molecular weight excluding hydrogens is 334 g/mol. The van der Waals surface area contributed by atoms with Crippen molar-refractivity contribution in [1.29, 1.82) is 0 Å². The zero-order valence-electron chi connectivity index (χ0n) is 14.7. The van der Waals surface area contributed by atoms with Crippen LogP contribution in [0.15, 0.2) is 41.5 Å². The predicted octanol–water partition coefficient (Wildman–Crippen LogP) is 3.14. The van der Waals surface area contributed by atoms with E-state index in [-0.39, 0.29) is 18.2 Å². The summed E-state index contributed by atoms with van der Waals surface area (Å²) in [4.78, 5) is 30.1. The topological polar surface area (TPSA) is 104 Å². The normalized spacial score (nSPS) is 12.4. The first kappa shape index (κ1) is 17.7. The highest BCUT2D eigenvalue weighted by Crippen LogP contribution is 2.24. The van der Waals surface area contributed by atoms with Crippen LogP contribution in [-0.2, 0) is 0 Å². The average Bonchev–Trinajstić information content (AvgIpc) is 2.59. The van der Waals surface area contributed by atoms with Crippen molar-refractivity contribution in [2.75, 3.05) is 6.61 Å². The molecule has 0 saturated heterocycles. The first-order valence-corrected chi connectivity index (χ1v) is 8.46. The molecule has 0 bridgehead atoms. The molecule has 26 heavy (non-hydrogen) atoms. The number of fused-ring (bicyclic) bond motifs is 3. The fourth-order valence-corrected chi connectivity index (χ4v) is 3.06. The third-order valence-corrected chi connectivity index (χ3v) is 4.13.